The molecule has 2 aromatic rings. The number of fused-ring (bicyclic) bond motifs is 5. The molecule has 1 saturated heterocycles. The van der Waals surface area contributed by atoms with Gasteiger partial charge in [-0.2, -0.15) is 5.01 Å². The van der Waals surface area contributed by atoms with Gasteiger partial charge in [-0.1, -0.05) is 78.3 Å². The van der Waals surface area contributed by atoms with Gasteiger partial charge in [-0.15, -0.1) is 0 Å². The molecule has 0 radical (unpaired) electrons. The molecule has 3 aliphatic rings. The number of hydrogen-bond acceptors (Lipinski definition) is 4. The summed E-state index contributed by atoms with van der Waals surface area (Å²) in [6, 6.07) is 8.54. The quantitative estimate of drug-likeness (QED) is 0.208. The van der Waals surface area contributed by atoms with E-state index in [9.17, 15) is 19.2 Å². The Kier molecular flexibility index (Phi) is 7.24. The second kappa shape index (κ2) is 9.86. The van der Waals surface area contributed by atoms with E-state index < -0.39 is 41.9 Å². The fourth-order valence-corrected chi connectivity index (χ4v) is 8.42. The van der Waals surface area contributed by atoms with Gasteiger partial charge in [0.25, 0.3) is 17.7 Å². The monoisotopic (exact) mass is 694 g/mol. The number of nitrogens with zero attached hydrogens (tertiary/aromatic N) is 2. The van der Waals surface area contributed by atoms with Crippen molar-refractivity contribution in [3.63, 3.8) is 0 Å². The maximum Gasteiger partial charge on any atom is 0.274 e. The molecule has 2 bridgehead atoms. The minimum absolute atomic E-state index is 0.00608. The number of hydrazine groups is 1. The summed E-state index contributed by atoms with van der Waals surface area (Å²) < 4.78 is 0. The van der Waals surface area contributed by atoms with Gasteiger partial charge in [0, 0.05) is 25.3 Å². The minimum Gasteiger partial charge on any atom is -0.292 e. The molecule has 36 heavy (non-hydrogen) atoms. The Bertz CT molecular complexity index is 1290. The third-order valence-corrected chi connectivity index (χ3v) is 11.4. The average molecular weight is 698 g/mol. The lowest BCUT2D eigenvalue weighted by molar-refractivity contribution is -0.154. The first-order valence-corrected chi connectivity index (χ1v) is 14.3. The zero-order valence-electron chi connectivity index (χ0n) is 18.1. The fourth-order valence-electron chi connectivity index (χ4n) is 5.54. The third-order valence-electron chi connectivity index (χ3n) is 7.13. The predicted octanol–water partition coefficient (Wildman–Crippen LogP) is 6.32. The van der Waals surface area contributed by atoms with Crippen LogP contribution in [0.1, 0.15) is 27.1 Å². The third kappa shape index (κ3) is 4.22. The fraction of sp³-hybridized carbons (Fsp3) is 0.333. The molecule has 3 fully saturated rings. The summed E-state index contributed by atoms with van der Waals surface area (Å²) in [6.45, 7) is -0.610. The number of rotatable bonds is 5. The van der Waals surface area contributed by atoms with Gasteiger partial charge in [-0.25, -0.2) is 5.01 Å². The molecule has 0 aromatic heterocycles. The molecule has 1 heterocycles. The zero-order chi connectivity index (χ0) is 26.0. The number of ketones is 1. The number of Topliss-reactive ketones (excluding diaryl/α,β-unsaturated/α-hetero) is 1. The SMILES string of the molecule is O=C(CN(C(=O)c1ccc(Cl)cc1Cl)N1C(=O)[C@@H]2[C@H]3C[C@@H]([C@@H](Br)[C@H]3Br)[C@H]2C1=O)c1ccc(Cl)cc1Cl. The van der Waals surface area contributed by atoms with E-state index in [0.29, 0.717) is 10.0 Å². The maximum atomic E-state index is 13.7. The van der Waals surface area contributed by atoms with Crippen LogP contribution in [0.2, 0.25) is 20.1 Å². The highest BCUT2D eigenvalue weighted by Gasteiger charge is 2.67. The van der Waals surface area contributed by atoms with Crippen LogP contribution in [0.25, 0.3) is 0 Å². The zero-order valence-corrected chi connectivity index (χ0v) is 24.3. The number of imide groups is 1. The molecule has 12 heteroatoms. The molecule has 2 saturated carbocycles. The highest BCUT2D eigenvalue weighted by Crippen LogP contribution is 2.60. The van der Waals surface area contributed by atoms with Gasteiger partial charge in [-0.3, -0.25) is 19.2 Å². The van der Waals surface area contributed by atoms with Gasteiger partial charge in [0.2, 0.25) is 0 Å². The highest BCUT2D eigenvalue weighted by molar-refractivity contribution is 9.12. The lowest BCUT2D eigenvalue weighted by Crippen LogP contribution is -2.52. The lowest BCUT2D eigenvalue weighted by atomic mass is 9.81. The van der Waals surface area contributed by atoms with Crippen molar-refractivity contribution in [1.82, 2.24) is 10.0 Å². The number of amides is 3. The van der Waals surface area contributed by atoms with E-state index in [0.717, 1.165) is 16.4 Å². The Morgan fingerprint density at radius 1 is 0.833 bits per heavy atom. The van der Waals surface area contributed by atoms with Gasteiger partial charge in [0.1, 0.15) is 6.54 Å². The normalized spacial score (nSPS) is 28.6. The summed E-state index contributed by atoms with van der Waals surface area (Å²) in [6.07, 6.45) is 0.725. The first-order chi connectivity index (χ1) is 17.0. The van der Waals surface area contributed by atoms with Gasteiger partial charge in [0.15, 0.2) is 5.78 Å². The van der Waals surface area contributed by atoms with E-state index in [1.807, 2.05) is 0 Å². The van der Waals surface area contributed by atoms with Crippen molar-refractivity contribution in [2.24, 2.45) is 23.7 Å². The van der Waals surface area contributed by atoms with Crippen LogP contribution >= 0.6 is 78.3 Å². The molecular weight excluding hydrogens is 682 g/mol. The maximum absolute atomic E-state index is 13.7. The second-order valence-corrected chi connectivity index (χ2v) is 12.8. The molecule has 0 spiro atoms. The summed E-state index contributed by atoms with van der Waals surface area (Å²) in [5.74, 6) is -3.66. The van der Waals surface area contributed by atoms with Crippen molar-refractivity contribution >= 4 is 102 Å². The second-order valence-electron chi connectivity index (χ2n) is 9.03. The number of benzene rings is 2. The van der Waals surface area contributed by atoms with Crippen LogP contribution in [0, 0.1) is 23.7 Å². The summed E-state index contributed by atoms with van der Waals surface area (Å²) >= 11 is 31.7. The summed E-state index contributed by atoms with van der Waals surface area (Å²) in [7, 11) is 0. The van der Waals surface area contributed by atoms with Crippen LogP contribution in [0.3, 0.4) is 0 Å². The Morgan fingerprint density at radius 3 is 1.78 bits per heavy atom. The molecular formula is C24H16Br2Cl4N2O4. The highest BCUT2D eigenvalue weighted by atomic mass is 79.9. The van der Waals surface area contributed by atoms with Crippen LogP contribution in [-0.2, 0) is 9.59 Å². The van der Waals surface area contributed by atoms with Crippen LogP contribution in [0.15, 0.2) is 36.4 Å². The number of halogens is 6. The van der Waals surface area contributed by atoms with Crippen molar-refractivity contribution in [3.8, 4) is 0 Å². The van der Waals surface area contributed by atoms with Gasteiger partial charge < -0.3 is 0 Å². The van der Waals surface area contributed by atoms with Crippen molar-refractivity contribution in [1.29, 1.82) is 0 Å². The van der Waals surface area contributed by atoms with Crippen LogP contribution in [0.4, 0.5) is 0 Å². The summed E-state index contributed by atoms with van der Waals surface area (Å²) in [5, 5.41) is 2.45. The average Bonchev–Trinajstić information content (AvgIpc) is 3.42. The van der Waals surface area contributed by atoms with Crippen molar-refractivity contribution in [2.45, 2.75) is 16.1 Å². The molecule has 188 valence electrons. The topological polar surface area (TPSA) is 74.8 Å². The van der Waals surface area contributed by atoms with Gasteiger partial charge in [-0.05, 0) is 54.7 Å². The predicted molar refractivity (Wildman–Crippen MR) is 144 cm³/mol. The van der Waals surface area contributed by atoms with Crippen LogP contribution in [0.5, 0.6) is 0 Å². The molecule has 1 aliphatic heterocycles. The van der Waals surface area contributed by atoms with Crippen LogP contribution in [-0.4, -0.2) is 49.7 Å². The first kappa shape index (κ1) is 26.4. The van der Waals surface area contributed by atoms with E-state index in [1.165, 1.54) is 36.4 Å². The van der Waals surface area contributed by atoms with E-state index in [1.54, 1.807) is 0 Å². The van der Waals surface area contributed by atoms with E-state index in [4.69, 9.17) is 46.4 Å². The first-order valence-electron chi connectivity index (χ1n) is 10.9. The van der Waals surface area contributed by atoms with Gasteiger partial charge in [0.05, 0.1) is 27.4 Å². The van der Waals surface area contributed by atoms with E-state index >= 15 is 0 Å². The number of hydrogen-bond donors (Lipinski definition) is 0. The van der Waals surface area contributed by atoms with E-state index in [-0.39, 0.29) is 42.7 Å². The molecule has 2 aromatic carbocycles. The Labute approximate surface area is 243 Å². The van der Waals surface area contributed by atoms with E-state index in [2.05, 4.69) is 31.9 Å². The summed E-state index contributed by atoms with van der Waals surface area (Å²) in [5.41, 5.74) is 0.0925. The smallest absolute Gasteiger partial charge is 0.274 e. The van der Waals surface area contributed by atoms with Gasteiger partial charge >= 0.3 is 0 Å². The number of carbonyl (C=O) groups excluding carboxylic acids is 4. The molecule has 5 rings (SSSR count). The molecule has 2 aliphatic carbocycles. The Morgan fingerprint density at radius 2 is 1.31 bits per heavy atom. The molecule has 6 nitrogen and oxygen atoms in total. The minimum atomic E-state index is -0.782. The number of carbonyl (C=O) groups is 4. The molecule has 0 unspecified atom stereocenters. The largest absolute Gasteiger partial charge is 0.292 e. The summed E-state index contributed by atoms with van der Waals surface area (Å²) in [4.78, 5) is 54.3. The molecule has 3 amide bonds. The standard InChI is InChI=1S/C24H16Br2Cl4N2O4/c25-20-13-7-14(21(20)26)19-18(13)23(35)32(24(19)36)31(22(34)12-4-2-10(28)6-16(12)30)8-17(33)11-3-1-9(27)5-15(11)29/h1-6,13-14,18-21H,7-8H2/t13-,14-,18-,19-,20-,21+/m1/s1. The van der Waals surface area contributed by atoms with Crippen molar-refractivity contribution in [2.75, 3.05) is 6.54 Å². The number of alkyl halides is 2. The Hall–Kier alpha value is -1.16. The van der Waals surface area contributed by atoms with Crippen molar-refractivity contribution < 1.29 is 19.2 Å². The molecule has 0 N–H and O–H groups in total. The Balaban J connectivity index is 1.54. The lowest BCUT2D eigenvalue weighted by Gasteiger charge is -2.31. The van der Waals surface area contributed by atoms with Crippen molar-refractivity contribution in [3.05, 3.63) is 67.6 Å². The molecule has 6 atom stereocenters. The van der Waals surface area contributed by atoms with Crippen LogP contribution < -0.4 is 0 Å².